The molecular formula is C24H31FN3O5-. The van der Waals surface area contributed by atoms with Gasteiger partial charge in [-0.3, -0.25) is 4.79 Å². The minimum Gasteiger partial charge on any atom is -0.550 e. The first-order chi connectivity index (χ1) is 15.7. The number of carbonyl (C=O) groups is 2. The van der Waals surface area contributed by atoms with Crippen LogP contribution in [0.4, 0.5) is 4.39 Å². The van der Waals surface area contributed by atoms with Gasteiger partial charge in [-0.15, -0.1) is 0 Å². The van der Waals surface area contributed by atoms with Crippen LogP contribution in [0.3, 0.4) is 0 Å². The van der Waals surface area contributed by atoms with Gasteiger partial charge in [0.2, 0.25) is 0 Å². The molecule has 180 valence electrons. The SMILES string of the molecule is CC(C)c1c(C(=O)NCC2CC2)nn(-c2ccc(F)cc2)c1CC[C@@H](O)C[C@@H](O)CC(=O)[O-]. The van der Waals surface area contributed by atoms with Gasteiger partial charge in [0, 0.05) is 30.2 Å². The Labute approximate surface area is 192 Å². The third-order valence-electron chi connectivity index (χ3n) is 5.79. The number of benzene rings is 1. The first-order valence-corrected chi connectivity index (χ1v) is 11.4. The normalized spacial score (nSPS) is 15.5. The number of nitrogens with one attached hydrogen (secondary N) is 1. The number of carbonyl (C=O) groups excluding carboxylic acids is 2. The highest BCUT2D eigenvalue weighted by Gasteiger charge is 2.28. The van der Waals surface area contributed by atoms with Crippen LogP contribution in [0.15, 0.2) is 24.3 Å². The fourth-order valence-corrected chi connectivity index (χ4v) is 3.93. The molecule has 1 fully saturated rings. The maximum atomic E-state index is 13.5. The molecule has 2 aromatic rings. The van der Waals surface area contributed by atoms with Crippen LogP contribution >= 0.6 is 0 Å². The first kappa shape index (κ1) is 24.9. The number of aromatic nitrogens is 2. The molecule has 9 heteroatoms. The van der Waals surface area contributed by atoms with Crippen molar-refractivity contribution in [2.45, 2.75) is 70.5 Å². The highest BCUT2D eigenvalue weighted by atomic mass is 19.1. The van der Waals surface area contributed by atoms with Crippen LogP contribution in [0.5, 0.6) is 0 Å². The zero-order valence-electron chi connectivity index (χ0n) is 19.0. The molecule has 1 saturated carbocycles. The molecule has 8 nitrogen and oxygen atoms in total. The molecule has 0 saturated heterocycles. The second-order valence-electron chi connectivity index (χ2n) is 9.06. The molecule has 0 bridgehead atoms. The van der Waals surface area contributed by atoms with Crippen molar-refractivity contribution < 1.29 is 29.3 Å². The van der Waals surface area contributed by atoms with Gasteiger partial charge in [0.15, 0.2) is 5.69 Å². The highest BCUT2D eigenvalue weighted by molar-refractivity contribution is 5.94. The summed E-state index contributed by atoms with van der Waals surface area (Å²) in [6, 6.07) is 5.77. The van der Waals surface area contributed by atoms with E-state index in [2.05, 4.69) is 10.4 Å². The van der Waals surface area contributed by atoms with Crippen molar-refractivity contribution >= 4 is 11.9 Å². The maximum Gasteiger partial charge on any atom is 0.272 e. The number of halogens is 1. The number of nitrogens with zero attached hydrogens (tertiary/aromatic N) is 2. The quantitative estimate of drug-likeness (QED) is 0.440. The van der Waals surface area contributed by atoms with Gasteiger partial charge in [-0.05, 0) is 68.2 Å². The van der Waals surface area contributed by atoms with Crippen LogP contribution in [0.2, 0.25) is 0 Å². The molecule has 1 aliphatic carbocycles. The number of aliphatic hydroxyl groups excluding tert-OH is 2. The Bertz CT molecular complexity index is 969. The van der Waals surface area contributed by atoms with E-state index in [4.69, 9.17) is 0 Å². The maximum absolute atomic E-state index is 13.5. The van der Waals surface area contributed by atoms with E-state index in [1.165, 1.54) is 12.1 Å². The topological polar surface area (TPSA) is 128 Å². The van der Waals surface area contributed by atoms with Gasteiger partial charge in [-0.25, -0.2) is 9.07 Å². The molecular weight excluding hydrogens is 429 g/mol. The molecule has 0 spiro atoms. The summed E-state index contributed by atoms with van der Waals surface area (Å²) in [6.45, 7) is 4.50. The lowest BCUT2D eigenvalue weighted by Crippen LogP contribution is -2.29. The summed E-state index contributed by atoms with van der Waals surface area (Å²) >= 11 is 0. The fourth-order valence-electron chi connectivity index (χ4n) is 3.93. The van der Waals surface area contributed by atoms with E-state index in [-0.39, 0.29) is 24.7 Å². The predicted molar refractivity (Wildman–Crippen MR) is 117 cm³/mol. The van der Waals surface area contributed by atoms with Gasteiger partial charge in [0.05, 0.1) is 17.9 Å². The number of hydrogen-bond donors (Lipinski definition) is 3. The minimum absolute atomic E-state index is 0.0447. The van der Waals surface area contributed by atoms with Crippen molar-refractivity contribution in [3.63, 3.8) is 0 Å². The van der Waals surface area contributed by atoms with Crippen molar-refractivity contribution in [2.24, 2.45) is 5.92 Å². The number of carboxylic acids is 1. The summed E-state index contributed by atoms with van der Waals surface area (Å²) in [7, 11) is 0. The Morgan fingerprint density at radius 2 is 1.88 bits per heavy atom. The third-order valence-corrected chi connectivity index (χ3v) is 5.79. The van der Waals surface area contributed by atoms with Gasteiger partial charge in [-0.1, -0.05) is 13.8 Å². The van der Waals surface area contributed by atoms with E-state index in [9.17, 15) is 29.3 Å². The third kappa shape index (κ3) is 6.85. The van der Waals surface area contributed by atoms with Crippen LogP contribution in [0.1, 0.15) is 73.6 Å². The average Bonchev–Trinajstić information content (AvgIpc) is 3.48. The van der Waals surface area contributed by atoms with Crippen molar-refractivity contribution in [1.82, 2.24) is 15.1 Å². The molecule has 1 aliphatic rings. The first-order valence-electron chi connectivity index (χ1n) is 11.4. The van der Waals surface area contributed by atoms with Crippen molar-refractivity contribution in [2.75, 3.05) is 6.54 Å². The number of hydrogen-bond acceptors (Lipinski definition) is 6. The Balaban J connectivity index is 1.88. The summed E-state index contributed by atoms with van der Waals surface area (Å²) in [5, 5.41) is 38.3. The lowest BCUT2D eigenvalue weighted by atomic mass is 9.95. The summed E-state index contributed by atoms with van der Waals surface area (Å²) in [5.74, 6) is -1.57. The Morgan fingerprint density at radius 1 is 1.21 bits per heavy atom. The molecule has 1 amide bonds. The second-order valence-corrected chi connectivity index (χ2v) is 9.06. The smallest absolute Gasteiger partial charge is 0.272 e. The van der Waals surface area contributed by atoms with Crippen molar-refractivity contribution in [1.29, 1.82) is 0 Å². The largest absolute Gasteiger partial charge is 0.550 e. The molecule has 0 unspecified atom stereocenters. The zero-order valence-corrected chi connectivity index (χ0v) is 19.0. The van der Waals surface area contributed by atoms with Gasteiger partial charge in [-0.2, -0.15) is 5.10 Å². The Morgan fingerprint density at radius 3 is 2.45 bits per heavy atom. The van der Waals surface area contributed by atoms with Crippen LogP contribution in [-0.4, -0.2) is 50.6 Å². The number of rotatable bonds is 12. The molecule has 3 rings (SSSR count). The van der Waals surface area contributed by atoms with Gasteiger partial charge < -0.3 is 25.4 Å². The summed E-state index contributed by atoms with van der Waals surface area (Å²) in [6.07, 6.45) is -0.0594. The monoisotopic (exact) mass is 460 g/mol. The van der Waals surface area contributed by atoms with Crippen molar-refractivity contribution in [3.8, 4) is 5.69 Å². The van der Waals surface area contributed by atoms with E-state index < -0.39 is 30.4 Å². The highest BCUT2D eigenvalue weighted by Crippen LogP contribution is 2.30. The standard InChI is InChI=1S/C24H32FN3O5/c1-14(2)22-20(10-9-18(29)11-19(30)12-21(31)32)28(17-7-5-16(25)6-8-17)27-23(22)24(33)26-13-15-3-4-15/h5-8,14-15,18-19,29-30H,3-4,9-13H2,1-2H3,(H,26,33)(H,31,32)/p-1/t18-,19-/m1/s1. The molecule has 1 heterocycles. The Kier molecular flexibility index (Phi) is 8.20. The molecule has 0 radical (unpaired) electrons. The van der Waals surface area contributed by atoms with Crippen LogP contribution in [0.25, 0.3) is 5.69 Å². The van der Waals surface area contributed by atoms with E-state index >= 15 is 0 Å². The zero-order chi connectivity index (χ0) is 24.1. The lowest BCUT2D eigenvalue weighted by Gasteiger charge is -2.17. The van der Waals surface area contributed by atoms with Gasteiger partial charge in [0.1, 0.15) is 5.82 Å². The Hall–Kier alpha value is -2.78. The second kappa shape index (κ2) is 10.9. The molecule has 1 aromatic carbocycles. The lowest BCUT2D eigenvalue weighted by molar-refractivity contribution is -0.307. The van der Waals surface area contributed by atoms with Gasteiger partial charge in [0.25, 0.3) is 5.91 Å². The van der Waals surface area contributed by atoms with Gasteiger partial charge >= 0.3 is 0 Å². The number of aliphatic carboxylic acids is 1. The number of amides is 1. The summed E-state index contributed by atoms with van der Waals surface area (Å²) < 4.78 is 15.1. The molecule has 3 N–H and O–H groups in total. The molecule has 33 heavy (non-hydrogen) atoms. The van der Waals surface area contributed by atoms with E-state index in [1.54, 1.807) is 16.8 Å². The fraction of sp³-hybridized carbons (Fsp3) is 0.542. The minimum atomic E-state index is -1.38. The van der Waals surface area contributed by atoms with Crippen LogP contribution in [-0.2, 0) is 11.2 Å². The van der Waals surface area contributed by atoms with E-state index in [1.807, 2.05) is 13.8 Å². The number of carboxylic acid groups (broad SMARTS) is 1. The summed E-state index contributed by atoms with van der Waals surface area (Å²) in [5.41, 5.74) is 2.34. The van der Waals surface area contributed by atoms with E-state index in [0.29, 0.717) is 36.0 Å². The number of aliphatic hydroxyl groups is 2. The summed E-state index contributed by atoms with van der Waals surface area (Å²) in [4.78, 5) is 23.6. The average molecular weight is 461 g/mol. The van der Waals surface area contributed by atoms with Crippen LogP contribution < -0.4 is 10.4 Å². The van der Waals surface area contributed by atoms with Crippen molar-refractivity contribution in [3.05, 3.63) is 47.0 Å². The van der Waals surface area contributed by atoms with Crippen LogP contribution in [0, 0.1) is 11.7 Å². The van der Waals surface area contributed by atoms with E-state index in [0.717, 1.165) is 18.4 Å². The molecule has 0 aliphatic heterocycles. The predicted octanol–water partition coefficient (Wildman–Crippen LogP) is 1.46. The molecule has 1 aromatic heterocycles. The molecule has 2 atom stereocenters.